The topological polar surface area (TPSA) is 67.6 Å². The molecule has 0 spiro atoms. The van der Waals surface area contributed by atoms with Crippen LogP contribution in [0.5, 0.6) is 0 Å². The highest BCUT2D eigenvalue weighted by Crippen LogP contribution is 2.22. The summed E-state index contributed by atoms with van der Waals surface area (Å²) in [6.07, 6.45) is 1.06. The van der Waals surface area contributed by atoms with Gasteiger partial charge in [0.1, 0.15) is 0 Å². The van der Waals surface area contributed by atoms with Gasteiger partial charge in [0.05, 0.1) is 23.2 Å². The lowest BCUT2D eigenvalue weighted by molar-refractivity contribution is -0.384. The van der Waals surface area contributed by atoms with Crippen LogP contribution in [0.15, 0.2) is 18.2 Å². The first-order chi connectivity index (χ1) is 10.2. The lowest BCUT2D eigenvalue weighted by Gasteiger charge is -2.26. The summed E-state index contributed by atoms with van der Waals surface area (Å²) in [7, 11) is 0. The number of benzene rings is 1. The maximum absolute atomic E-state index is 10.6. The molecular weight excluding hydrogens is 294 g/mol. The summed E-state index contributed by atoms with van der Waals surface area (Å²) in [5.41, 5.74) is 0.907. The van der Waals surface area contributed by atoms with Gasteiger partial charge in [-0.1, -0.05) is 11.6 Å². The molecule has 1 aliphatic rings. The van der Waals surface area contributed by atoms with E-state index in [1.165, 1.54) is 12.1 Å². The van der Waals surface area contributed by atoms with Gasteiger partial charge < -0.3 is 10.1 Å². The molecule has 1 aromatic rings. The second-order valence-corrected chi connectivity index (χ2v) is 5.42. The minimum atomic E-state index is -0.439. The van der Waals surface area contributed by atoms with Crippen molar-refractivity contribution in [1.29, 1.82) is 0 Å². The van der Waals surface area contributed by atoms with Crippen LogP contribution < -0.4 is 5.32 Å². The van der Waals surface area contributed by atoms with Gasteiger partial charge in [0.2, 0.25) is 0 Å². The average Bonchev–Trinajstić information content (AvgIpc) is 2.49. The summed E-state index contributed by atoms with van der Waals surface area (Å²) in [6, 6.07) is 4.58. The highest BCUT2D eigenvalue weighted by atomic mass is 35.5. The molecule has 2 rings (SSSR count). The van der Waals surface area contributed by atoms with Gasteiger partial charge >= 0.3 is 0 Å². The first kappa shape index (κ1) is 16.2. The summed E-state index contributed by atoms with van der Waals surface area (Å²) in [4.78, 5) is 12.6. The number of rotatable bonds is 7. The van der Waals surface area contributed by atoms with E-state index in [0.29, 0.717) is 11.6 Å². The fourth-order valence-corrected chi connectivity index (χ4v) is 2.51. The van der Waals surface area contributed by atoms with Gasteiger partial charge in [-0.05, 0) is 31.1 Å². The predicted octanol–water partition coefficient (Wildman–Crippen LogP) is 2.06. The minimum absolute atomic E-state index is 0.0241. The first-order valence-corrected chi connectivity index (χ1v) is 7.48. The smallest absolute Gasteiger partial charge is 0.270 e. The molecule has 6 nitrogen and oxygen atoms in total. The van der Waals surface area contributed by atoms with E-state index >= 15 is 0 Å². The molecule has 0 atom stereocenters. The van der Waals surface area contributed by atoms with Crippen LogP contribution >= 0.6 is 11.6 Å². The molecule has 1 fully saturated rings. The number of hydrogen-bond acceptors (Lipinski definition) is 5. The molecule has 1 heterocycles. The third-order valence-corrected chi connectivity index (χ3v) is 3.85. The quantitative estimate of drug-likeness (QED) is 0.474. The number of nitro benzene ring substituents is 1. The molecule has 0 aliphatic carbocycles. The summed E-state index contributed by atoms with van der Waals surface area (Å²) in [6.45, 7) is 6.25. The number of nitro groups is 1. The highest BCUT2D eigenvalue weighted by Gasteiger charge is 2.10. The number of morpholine rings is 1. The van der Waals surface area contributed by atoms with E-state index in [9.17, 15) is 10.1 Å². The van der Waals surface area contributed by atoms with E-state index in [0.717, 1.165) is 51.4 Å². The van der Waals surface area contributed by atoms with Crippen molar-refractivity contribution in [2.75, 3.05) is 39.4 Å². The molecule has 0 bridgehead atoms. The van der Waals surface area contributed by atoms with Crippen molar-refractivity contribution in [3.05, 3.63) is 38.9 Å². The van der Waals surface area contributed by atoms with Gasteiger partial charge in [-0.2, -0.15) is 0 Å². The Morgan fingerprint density at radius 1 is 1.38 bits per heavy atom. The number of nitrogens with one attached hydrogen (secondary N) is 1. The maximum Gasteiger partial charge on any atom is 0.270 e. The van der Waals surface area contributed by atoms with Crippen LogP contribution in [0, 0.1) is 10.1 Å². The normalized spacial score (nSPS) is 16.0. The summed E-state index contributed by atoms with van der Waals surface area (Å²) < 4.78 is 5.30. The van der Waals surface area contributed by atoms with E-state index in [1.54, 1.807) is 6.07 Å². The predicted molar refractivity (Wildman–Crippen MR) is 81.7 cm³/mol. The molecule has 7 heteroatoms. The van der Waals surface area contributed by atoms with Crippen molar-refractivity contribution in [2.45, 2.75) is 13.0 Å². The van der Waals surface area contributed by atoms with Crippen LogP contribution in [-0.4, -0.2) is 49.2 Å². The van der Waals surface area contributed by atoms with Crippen LogP contribution in [0.25, 0.3) is 0 Å². The zero-order chi connectivity index (χ0) is 15.1. The van der Waals surface area contributed by atoms with Crippen molar-refractivity contribution >= 4 is 17.3 Å². The molecule has 21 heavy (non-hydrogen) atoms. The third kappa shape index (κ3) is 5.24. The lowest BCUT2D eigenvalue weighted by atomic mass is 10.2. The fraction of sp³-hybridized carbons (Fsp3) is 0.571. The van der Waals surface area contributed by atoms with Crippen LogP contribution in [0.2, 0.25) is 5.02 Å². The average molecular weight is 314 g/mol. The number of hydrogen-bond donors (Lipinski definition) is 1. The van der Waals surface area contributed by atoms with Gasteiger partial charge in [-0.3, -0.25) is 15.0 Å². The zero-order valence-electron chi connectivity index (χ0n) is 11.9. The maximum atomic E-state index is 10.6. The fourth-order valence-electron chi connectivity index (χ4n) is 2.27. The zero-order valence-corrected chi connectivity index (χ0v) is 12.6. The molecule has 0 saturated carbocycles. The van der Waals surface area contributed by atoms with Crippen molar-refractivity contribution in [3.63, 3.8) is 0 Å². The molecule has 116 valence electrons. The van der Waals surface area contributed by atoms with Crippen molar-refractivity contribution in [1.82, 2.24) is 10.2 Å². The molecular formula is C14H20ClN3O3. The first-order valence-electron chi connectivity index (χ1n) is 7.10. The van der Waals surface area contributed by atoms with E-state index in [4.69, 9.17) is 16.3 Å². The van der Waals surface area contributed by atoms with Gasteiger partial charge in [0.25, 0.3) is 5.69 Å². The second kappa shape index (κ2) is 8.29. The molecule has 0 radical (unpaired) electrons. The van der Waals surface area contributed by atoms with Gasteiger partial charge in [-0.25, -0.2) is 0 Å². The monoisotopic (exact) mass is 313 g/mol. The SMILES string of the molecule is O=[N+]([O-])c1ccc(CNCCCN2CCOCC2)c(Cl)c1. The van der Waals surface area contributed by atoms with Crippen molar-refractivity contribution in [3.8, 4) is 0 Å². The van der Waals surface area contributed by atoms with E-state index in [-0.39, 0.29) is 5.69 Å². The number of halogens is 1. The number of non-ortho nitro benzene ring substituents is 1. The Hall–Kier alpha value is -1.21. The summed E-state index contributed by atoms with van der Waals surface area (Å²) in [5, 5.41) is 14.4. The van der Waals surface area contributed by atoms with Crippen molar-refractivity contribution < 1.29 is 9.66 Å². The third-order valence-electron chi connectivity index (χ3n) is 3.49. The standard InChI is InChI=1S/C14H20ClN3O3/c15-14-10-13(18(19)20)3-2-12(14)11-16-4-1-5-17-6-8-21-9-7-17/h2-3,10,16H,1,4-9,11H2. The van der Waals surface area contributed by atoms with Gasteiger partial charge in [0.15, 0.2) is 0 Å². The molecule has 1 N–H and O–H groups in total. The number of nitrogens with zero attached hydrogens (tertiary/aromatic N) is 2. The van der Waals surface area contributed by atoms with Gasteiger partial charge in [0, 0.05) is 31.8 Å². The largest absolute Gasteiger partial charge is 0.379 e. The molecule has 0 unspecified atom stereocenters. The van der Waals surface area contributed by atoms with Gasteiger partial charge in [-0.15, -0.1) is 0 Å². The van der Waals surface area contributed by atoms with E-state index in [2.05, 4.69) is 10.2 Å². The second-order valence-electron chi connectivity index (χ2n) is 5.02. The Kier molecular flexibility index (Phi) is 6.38. The molecule has 1 aliphatic heterocycles. The Bertz CT molecular complexity index is 479. The van der Waals surface area contributed by atoms with Crippen LogP contribution in [0.1, 0.15) is 12.0 Å². The molecule has 0 amide bonds. The highest BCUT2D eigenvalue weighted by molar-refractivity contribution is 6.31. The Morgan fingerprint density at radius 3 is 2.81 bits per heavy atom. The van der Waals surface area contributed by atoms with Crippen LogP contribution in [0.4, 0.5) is 5.69 Å². The van der Waals surface area contributed by atoms with E-state index < -0.39 is 4.92 Å². The Balaban J connectivity index is 1.67. The Morgan fingerprint density at radius 2 is 2.14 bits per heavy atom. The molecule has 0 aromatic heterocycles. The summed E-state index contributed by atoms with van der Waals surface area (Å²) >= 11 is 6.04. The minimum Gasteiger partial charge on any atom is -0.379 e. The lowest BCUT2D eigenvalue weighted by Crippen LogP contribution is -2.37. The number of ether oxygens (including phenoxy) is 1. The van der Waals surface area contributed by atoms with E-state index in [1.807, 2.05) is 0 Å². The Labute approximate surface area is 129 Å². The summed E-state index contributed by atoms with van der Waals surface area (Å²) in [5.74, 6) is 0. The van der Waals surface area contributed by atoms with Crippen LogP contribution in [-0.2, 0) is 11.3 Å². The van der Waals surface area contributed by atoms with Crippen molar-refractivity contribution in [2.24, 2.45) is 0 Å². The molecule has 1 saturated heterocycles. The van der Waals surface area contributed by atoms with Crippen LogP contribution in [0.3, 0.4) is 0 Å². The molecule has 1 aromatic carbocycles.